The second-order valence-electron chi connectivity index (χ2n) is 35.0. The number of alkyl carbamates (subject to hydrolysis) is 2. The van der Waals surface area contributed by atoms with Gasteiger partial charge in [0.25, 0.3) is 25.6 Å². The highest BCUT2D eigenvalue weighted by Gasteiger charge is 2.47. The third-order valence-corrected chi connectivity index (χ3v) is 25.8. The van der Waals surface area contributed by atoms with Gasteiger partial charge >= 0.3 is 33.7 Å². The summed E-state index contributed by atoms with van der Waals surface area (Å²) in [6.45, 7) is 27.3. The quantitative estimate of drug-likeness (QED) is 0.00930. The Hall–Kier alpha value is -13.9. The average Bonchev–Trinajstić information content (AvgIpc) is 1.60. The Morgan fingerprint density at radius 3 is 1.46 bits per heavy atom. The molecule has 0 aliphatic carbocycles. The van der Waals surface area contributed by atoms with E-state index in [0.717, 1.165) is 151 Å². The molecule has 3 unspecified atom stereocenters. The number of benzene rings is 5. The molecule has 5 aromatic carbocycles. The Morgan fingerprint density at radius 2 is 1.02 bits per heavy atom. The van der Waals surface area contributed by atoms with Crippen molar-refractivity contribution in [2.24, 2.45) is 26.8 Å². The first-order valence-electron chi connectivity index (χ1n) is 43.7. The Morgan fingerprint density at radius 1 is 0.572 bits per heavy atom. The molecule has 15 rings (SSSR count). The summed E-state index contributed by atoms with van der Waals surface area (Å²) in [5.41, 5.74) is 19.6. The van der Waals surface area contributed by atoms with Crippen molar-refractivity contribution in [1.82, 2.24) is 63.4 Å². The third-order valence-electron chi connectivity index (χ3n) is 21.5. The number of hydrogen-bond donors (Lipinski definition) is 8. The number of nitrogen functional groups attached to an aromatic ring is 1. The number of aromatic nitrogens is 11. The molecule has 742 valence electrons. The normalized spacial score (nSPS) is 15.1. The molecule has 7 aromatic heterocycles. The van der Waals surface area contributed by atoms with Crippen LogP contribution in [0.4, 0.5) is 63.2 Å². The Labute approximate surface area is 802 Å². The molecule has 42 heteroatoms. The van der Waals surface area contributed by atoms with Gasteiger partial charge in [-0.1, -0.05) is 122 Å². The number of alkyl halides is 3. The first-order valence-corrected chi connectivity index (χ1v) is 48.0. The van der Waals surface area contributed by atoms with E-state index >= 15 is 0 Å². The van der Waals surface area contributed by atoms with E-state index in [0.29, 0.717) is 41.1 Å². The van der Waals surface area contributed by atoms with Crippen LogP contribution < -0.4 is 53.4 Å². The number of halogens is 3. The summed E-state index contributed by atoms with van der Waals surface area (Å²) in [6, 6.07) is 45.1. The minimum Gasteiger partial charge on any atom is -0.466 e. The number of Topliss-reactive ketones (excluding diaryl/α,β-unsaturated/α-hetero) is 1. The van der Waals surface area contributed by atoms with Crippen LogP contribution in [0.3, 0.4) is 0 Å². The molecule has 3 saturated heterocycles. The molecule has 3 aliphatic rings. The molecule has 11 N–H and O–H groups in total. The van der Waals surface area contributed by atoms with E-state index in [2.05, 4.69) is 109 Å². The van der Waals surface area contributed by atoms with Gasteiger partial charge in [0.05, 0.1) is 43.9 Å². The summed E-state index contributed by atoms with van der Waals surface area (Å²) in [5, 5.41) is 9.01. The van der Waals surface area contributed by atoms with Crippen LogP contribution in [0.15, 0.2) is 207 Å². The number of anilines is 6. The van der Waals surface area contributed by atoms with Crippen molar-refractivity contribution in [2.75, 3.05) is 71.6 Å². The molecule has 138 heavy (non-hydrogen) atoms. The van der Waals surface area contributed by atoms with Gasteiger partial charge in [-0.05, 0) is 202 Å². The summed E-state index contributed by atoms with van der Waals surface area (Å²) < 4.78 is 132. The molecular weight excluding hydrogens is 1840 g/mol. The van der Waals surface area contributed by atoms with Crippen molar-refractivity contribution in [3.63, 3.8) is 0 Å². The summed E-state index contributed by atoms with van der Waals surface area (Å²) in [7, 11) is -13.6. The van der Waals surface area contributed by atoms with E-state index in [9.17, 15) is 62.4 Å². The molecule has 12 aromatic rings. The number of ketones is 1. The monoisotopic (exact) mass is 1960 g/mol. The lowest BCUT2D eigenvalue weighted by molar-refractivity contribution is -0.146. The van der Waals surface area contributed by atoms with Crippen molar-refractivity contribution >= 4 is 139 Å². The lowest BCUT2D eigenvalue weighted by Crippen LogP contribution is -2.48. The van der Waals surface area contributed by atoms with Crippen molar-refractivity contribution in [2.45, 2.75) is 207 Å². The number of fused-ring (bicyclic) bond motifs is 3. The summed E-state index contributed by atoms with van der Waals surface area (Å²) >= 11 is 0. The number of nitrogens with zero attached hydrogens (tertiary/aromatic N) is 14. The summed E-state index contributed by atoms with van der Waals surface area (Å²) in [6.07, 6.45) is 13.1. The maximum Gasteiger partial charge on any atom is 0.518 e. The summed E-state index contributed by atoms with van der Waals surface area (Å²) in [5.74, 6) is 2.28. The molecule has 0 radical (unpaired) electrons. The van der Waals surface area contributed by atoms with Gasteiger partial charge in [0.15, 0.2) is 17.3 Å². The zero-order valence-corrected chi connectivity index (χ0v) is 79.6. The van der Waals surface area contributed by atoms with E-state index in [4.69, 9.17) is 26.7 Å². The number of nitrogens with two attached hydrogens (primary N) is 3. The fraction of sp³-hybridized carbons (Fsp3) is 0.396. The minimum absolute atomic E-state index is 0. The van der Waals surface area contributed by atoms with Crippen LogP contribution in [-0.2, 0) is 53.9 Å². The topological polar surface area (TPSA) is 496 Å². The Kier molecular flexibility index (Phi) is 37.5. The number of guanidine groups is 2. The number of aliphatic imine (C=N–C) groups is 1. The molecular formula is C96H125F3N22O14S3. The number of sulfonamides is 1. The molecule has 0 saturated carbocycles. The first-order chi connectivity index (χ1) is 63.7. The summed E-state index contributed by atoms with van der Waals surface area (Å²) in [4.78, 5) is 105. The molecule has 3 aliphatic heterocycles. The van der Waals surface area contributed by atoms with Gasteiger partial charge in [-0.25, -0.2) is 74.2 Å². The molecule has 3 fully saturated rings. The van der Waals surface area contributed by atoms with Crippen molar-refractivity contribution in [1.29, 1.82) is 0 Å². The average molecular weight is 1960 g/mol. The Bertz CT molecular complexity index is 6660. The van der Waals surface area contributed by atoms with Crippen molar-refractivity contribution in [3.05, 3.63) is 227 Å². The SMILES string of the molecule is C.C.C.CC(C)(C)OC(=O)NC(=NS(=O)(=O)C(F)(F)F)NC(=O)OC(C)(C)C.CC(C)c1cc(=O)[nH]c(Nc2cccc(C3CCCN(c4ncnc5[nH]ccc45)C3)c2)n1.CCOC(=O)CC(=O)C(C)C.Cc1ccc(S(=O)(=O)n2ccc3c(N4CCCC(c5cccc(N)c5)C4)ncnc32)cc1.Cc1ccc(S(=O)(=O)n2ccc3c(N4CCCC(c5cccc(N=C(N)N)c5)C4)ncnc32)cc1. The van der Waals surface area contributed by atoms with Gasteiger partial charge in [0.1, 0.15) is 65.5 Å². The van der Waals surface area contributed by atoms with Crippen molar-refractivity contribution < 1.29 is 71.8 Å². The van der Waals surface area contributed by atoms with Crippen LogP contribution in [0.1, 0.15) is 201 Å². The fourth-order valence-electron chi connectivity index (χ4n) is 15.1. The highest BCUT2D eigenvalue weighted by molar-refractivity contribution is 7.91. The number of carbonyl (C=O) groups is 4. The van der Waals surface area contributed by atoms with Gasteiger partial charge in [-0.2, -0.15) is 21.6 Å². The second kappa shape index (κ2) is 47.2. The maximum absolute atomic E-state index is 13.3. The van der Waals surface area contributed by atoms with Gasteiger partial charge in [0, 0.05) is 99.0 Å². The number of ether oxygens (including phenoxy) is 3. The van der Waals surface area contributed by atoms with E-state index in [1.54, 1.807) is 117 Å². The number of nitrogens with one attached hydrogen (secondary N) is 5. The van der Waals surface area contributed by atoms with Crippen LogP contribution in [0, 0.1) is 19.8 Å². The third kappa shape index (κ3) is 29.3. The Balaban J connectivity index is 0.000000217. The molecule has 0 spiro atoms. The predicted molar refractivity (Wildman–Crippen MR) is 533 cm³/mol. The first kappa shape index (κ1) is 109. The maximum atomic E-state index is 13.3. The molecule has 2 amide bonds. The molecule has 36 nitrogen and oxygen atoms in total. The van der Waals surface area contributed by atoms with E-state index in [1.165, 1.54) is 73.3 Å². The van der Waals surface area contributed by atoms with Crippen LogP contribution in [-0.4, -0.2) is 176 Å². The standard InChI is InChI=1S/C25H27N7O2S.C24H27N7O.C24H25N5O2S.C12H20F3N3O6S.C8H14O3.3CH4/c1-17-7-9-21(10-8-17)35(33,34)32-13-11-22-23(28-16-29-24(22)32)31-12-3-5-19(15-31)18-4-2-6-20(14-18)30-25(26)27;1-15(2)20-12-21(32)30-24(29-20)28-18-7-3-5-16(11-18)17-6-4-10-31(13-17)23-19-8-9-25-22(19)26-14-27-23;1-17-7-9-21(10-8-17)32(30,31)29-13-11-22-23(26-16-27-24(22)29)28-12-3-5-19(15-28)18-4-2-6-20(25)14-18;1-10(2,3)23-8(19)16-7(17-9(20)24-11(4,5)6)18-25(21,22)12(13,14)15;1-4-11-8(10)5-7(9)6(2)3;;;/h2,4,6-11,13-14,16,19H,3,5,12,15H2,1H3,(H4,26,27,30);3,5,7-9,11-12,14-15,17H,4,6,10,13H2,1-2H3,(H,25,26,27)(H2,28,29,30,32);2,4,6-11,13-14,16,19H,3,5,12,15,25H2,1H3;1-6H3,(H2,16,17,18,19,20);6H,4-5H2,1-3H3;3*1H4. The highest BCUT2D eigenvalue weighted by Crippen LogP contribution is 2.39. The van der Waals surface area contributed by atoms with Crippen LogP contribution >= 0.6 is 0 Å². The fourth-order valence-corrected chi connectivity index (χ4v) is 18.1. The van der Waals surface area contributed by atoms with E-state index in [1.807, 2.05) is 82.4 Å². The van der Waals surface area contributed by atoms with E-state index in [-0.39, 0.29) is 73.5 Å². The van der Waals surface area contributed by atoms with Gasteiger partial charge in [0.2, 0.25) is 11.9 Å². The van der Waals surface area contributed by atoms with Crippen LogP contribution in [0.25, 0.3) is 33.1 Å². The van der Waals surface area contributed by atoms with Crippen LogP contribution in [0.5, 0.6) is 0 Å². The number of esters is 1. The molecule has 10 heterocycles. The number of carbonyl (C=O) groups excluding carboxylic acids is 4. The zero-order valence-electron chi connectivity index (χ0n) is 77.2. The lowest BCUT2D eigenvalue weighted by atomic mass is 9.90. The van der Waals surface area contributed by atoms with Gasteiger partial charge in [-0.15, -0.1) is 4.40 Å². The number of aryl methyl sites for hydroxylation is 2. The minimum atomic E-state index is -6.03. The smallest absolute Gasteiger partial charge is 0.466 e. The highest BCUT2D eigenvalue weighted by atomic mass is 32.2. The number of amides is 2. The van der Waals surface area contributed by atoms with E-state index < -0.39 is 70.9 Å². The predicted octanol–water partition coefficient (Wildman–Crippen LogP) is 16.8. The molecule has 3 atom stereocenters. The van der Waals surface area contributed by atoms with Crippen molar-refractivity contribution in [3.8, 4) is 0 Å². The number of H-pyrrole nitrogens is 2. The van der Waals surface area contributed by atoms with Crippen LogP contribution in [0.2, 0.25) is 0 Å². The lowest BCUT2D eigenvalue weighted by Gasteiger charge is -2.34. The van der Waals surface area contributed by atoms with Gasteiger partial charge < -0.3 is 56.4 Å². The second-order valence-corrected chi connectivity index (χ2v) is 40.2. The zero-order chi connectivity index (χ0) is 98.1. The number of piperidine rings is 3. The number of hydrogen-bond acceptors (Lipinski definition) is 27. The number of rotatable bonds is 19. The van der Waals surface area contributed by atoms with Gasteiger partial charge in [-0.3, -0.25) is 30.0 Å². The molecule has 0 bridgehead atoms. The number of aromatic amines is 2. The largest absolute Gasteiger partial charge is 0.518 e.